The third-order valence-corrected chi connectivity index (χ3v) is 5.84. The summed E-state index contributed by atoms with van der Waals surface area (Å²) < 4.78 is 13.7. The number of ether oxygens (including phenoxy) is 2. The van der Waals surface area contributed by atoms with Crippen LogP contribution in [0.3, 0.4) is 0 Å². The first-order valence-corrected chi connectivity index (χ1v) is 11.7. The molecule has 0 saturated carbocycles. The first-order valence-electron chi connectivity index (χ1n) is 11.7. The number of nitrogens with one attached hydrogen (secondary N) is 1. The van der Waals surface area contributed by atoms with Crippen LogP contribution in [0.4, 0.5) is 0 Å². The van der Waals surface area contributed by atoms with Crippen LogP contribution in [-0.2, 0) is 16.0 Å². The number of halogens is 1. The molecule has 3 heterocycles. The van der Waals surface area contributed by atoms with E-state index in [-0.39, 0.29) is 29.5 Å². The maximum atomic E-state index is 11.7. The van der Waals surface area contributed by atoms with E-state index in [9.17, 15) is 4.79 Å². The molecule has 0 aliphatic carbocycles. The number of rotatable bonds is 9. The second kappa shape index (κ2) is 14.8. The van der Waals surface area contributed by atoms with Gasteiger partial charge in [0.05, 0.1) is 18.8 Å². The molecule has 0 radical (unpaired) electrons. The Hall–Kier alpha value is -1.13. The highest BCUT2D eigenvalue weighted by molar-refractivity contribution is 14.0. The van der Waals surface area contributed by atoms with E-state index in [2.05, 4.69) is 17.1 Å². The molecule has 1 aromatic rings. The number of aliphatic imine (C=N–C) groups is 1. The lowest BCUT2D eigenvalue weighted by molar-refractivity contribution is -0.0721. The second-order valence-electron chi connectivity index (χ2n) is 8.18. The summed E-state index contributed by atoms with van der Waals surface area (Å²) in [5, 5.41) is 3.43. The Morgan fingerprint density at radius 2 is 2.06 bits per heavy atom. The summed E-state index contributed by atoms with van der Waals surface area (Å²) >= 11 is 0. The van der Waals surface area contributed by atoms with Gasteiger partial charge in [-0.25, -0.2) is 0 Å². The molecule has 1 unspecified atom stereocenters. The number of aromatic nitrogens is 1. The van der Waals surface area contributed by atoms with Crippen molar-refractivity contribution in [1.29, 1.82) is 0 Å². The Balaban J connectivity index is 0.00000341. The highest BCUT2D eigenvalue weighted by Crippen LogP contribution is 2.18. The van der Waals surface area contributed by atoms with E-state index in [1.807, 2.05) is 12.3 Å². The average molecular weight is 546 g/mol. The normalized spacial score (nSPS) is 20.4. The maximum absolute atomic E-state index is 11.7. The third-order valence-electron chi connectivity index (χ3n) is 5.84. The van der Waals surface area contributed by atoms with Crippen LogP contribution in [0.5, 0.6) is 0 Å². The fourth-order valence-corrected chi connectivity index (χ4v) is 4.07. The van der Waals surface area contributed by atoms with Crippen molar-refractivity contribution in [2.45, 2.75) is 70.6 Å². The molecular formula is C23H39IN4O3. The number of nitrogens with zero attached hydrogens (tertiary/aromatic N) is 3. The molecule has 0 bridgehead atoms. The summed E-state index contributed by atoms with van der Waals surface area (Å²) in [6.07, 6.45) is 10.0. The van der Waals surface area contributed by atoms with Gasteiger partial charge in [-0.2, -0.15) is 0 Å². The molecule has 0 spiro atoms. The number of likely N-dealkylation sites (tertiary alicyclic amines) is 1. The van der Waals surface area contributed by atoms with Crippen LogP contribution in [0, 0.1) is 0 Å². The standard InChI is InChI=1S/C23H38N4O3.HI/c1-2-24-23(25-13-5-7-15-26-14-6-3-10-22(26)28)27-16-11-20(12-17-27)30-19-21-9-4-8-18-29-21;/h3,6,10,14,20-21H,2,4-5,7-9,11-13,15-19H2,1H3,(H,24,25);1H. The Morgan fingerprint density at radius 1 is 1.23 bits per heavy atom. The molecule has 2 fully saturated rings. The lowest BCUT2D eigenvalue weighted by Gasteiger charge is -2.35. The average Bonchev–Trinajstić information content (AvgIpc) is 2.79. The Kier molecular flexibility index (Phi) is 12.5. The largest absolute Gasteiger partial charge is 0.376 e. The van der Waals surface area contributed by atoms with Crippen LogP contribution < -0.4 is 10.9 Å². The van der Waals surface area contributed by atoms with E-state index in [1.165, 1.54) is 12.8 Å². The molecule has 0 aromatic carbocycles. The minimum absolute atomic E-state index is 0. The predicted molar refractivity (Wildman–Crippen MR) is 135 cm³/mol. The Bertz CT molecular complexity index is 698. The minimum atomic E-state index is 0. The van der Waals surface area contributed by atoms with Crippen LogP contribution in [0.15, 0.2) is 34.2 Å². The van der Waals surface area contributed by atoms with E-state index in [4.69, 9.17) is 14.5 Å². The lowest BCUT2D eigenvalue weighted by Crippen LogP contribution is -2.47. The van der Waals surface area contributed by atoms with Gasteiger partial charge in [0, 0.05) is 51.6 Å². The molecule has 7 nitrogen and oxygen atoms in total. The fraction of sp³-hybridized carbons (Fsp3) is 0.739. The maximum Gasteiger partial charge on any atom is 0.250 e. The molecule has 0 amide bonds. The van der Waals surface area contributed by atoms with Gasteiger partial charge in [0.15, 0.2) is 5.96 Å². The monoisotopic (exact) mass is 546 g/mol. The van der Waals surface area contributed by atoms with E-state index >= 15 is 0 Å². The zero-order chi connectivity index (χ0) is 21.0. The van der Waals surface area contributed by atoms with Gasteiger partial charge >= 0.3 is 0 Å². The van der Waals surface area contributed by atoms with E-state index in [0.717, 1.165) is 84.0 Å². The summed E-state index contributed by atoms with van der Waals surface area (Å²) in [6, 6.07) is 5.29. The van der Waals surface area contributed by atoms with Crippen molar-refractivity contribution >= 4 is 29.9 Å². The van der Waals surface area contributed by atoms with Gasteiger partial charge in [-0.1, -0.05) is 6.07 Å². The molecule has 176 valence electrons. The predicted octanol–water partition coefficient (Wildman–Crippen LogP) is 3.26. The summed E-state index contributed by atoms with van der Waals surface area (Å²) in [7, 11) is 0. The Morgan fingerprint density at radius 3 is 2.77 bits per heavy atom. The molecule has 2 saturated heterocycles. The molecular weight excluding hydrogens is 507 g/mol. The van der Waals surface area contributed by atoms with Crippen LogP contribution in [-0.4, -0.2) is 67.0 Å². The van der Waals surface area contributed by atoms with Crippen molar-refractivity contribution in [3.63, 3.8) is 0 Å². The highest BCUT2D eigenvalue weighted by Gasteiger charge is 2.23. The quantitative estimate of drug-likeness (QED) is 0.223. The molecule has 2 aliphatic rings. The second-order valence-corrected chi connectivity index (χ2v) is 8.18. The first kappa shape index (κ1) is 26.1. The number of guanidine groups is 1. The van der Waals surface area contributed by atoms with Crippen molar-refractivity contribution in [1.82, 2.24) is 14.8 Å². The topological polar surface area (TPSA) is 68.1 Å². The molecule has 1 aromatic heterocycles. The van der Waals surface area contributed by atoms with Gasteiger partial charge in [0.25, 0.3) is 0 Å². The summed E-state index contributed by atoms with van der Waals surface area (Å²) in [4.78, 5) is 18.9. The number of unbranched alkanes of at least 4 members (excludes halogenated alkanes) is 1. The highest BCUT2D eigenvalue weighted by atomic mass is 127. The van der Waals surface area contributed by atoms with Crippen molar-refractivity contribution in [2.24, 2.45) is 4.99 Å². The van der Waals surface area contributed by atoms with E-state index < -0.39 is 0 Å². The van der Waals surface area contributed by atoms with Crippen LogP contribution in [0.2, 0.25) is 0 Å². The van der Waals surface area contributed by atoms with Crippen LogP contribution >= 0.6 is 24.0 Å². The third kappa shape index (κ3) is 9.10. The van der Waals surface area contributed by atoms with Crippen molar-refractivity contribution in [3.8, 4) is 0 Å². The first-order chi connectivity index (χ1) is 14.8. The number of hydrogen-bond donors (Lipinski definition) is 1. The summed E-state index contributed by atoms with van der Waals surface area (Å²) in [5.74, 6) is 1.00. The smallest absolute Gasteiger partial charge is 0.250 e. The van der Waals surface area contributed by atoms with Gasteiger partial charge < -0.3 is 24.3 Å². The Labute approximate surface area is 203 Å². The summed E-state index contributed by atoms with van der Waals surface area (Å²) in [6.45, 7) is 8.08. The van der Waals surface area contributed by atoms with Gasteiger partial charge in [-0.15, -0.1) is 24.0 Å². The molecule has 8 heteroatoms. The van der Waals surface area contributed by atoms with Gasteiger partial charge in [-0.05, 0) is 57.9 Å². The van der Waals surface area contributed by atoms with Crippen molar-refractivity contribution in [2.75, 3.05) is 39.4 Å². The number of hydrogen-bond acceptors (Lipinski definition) is 4. The number of pyridine rings is 1. The van der Waals surface area contributed by atoms with Gasteiger partial charge in [-0.3, -0.25) is 9.79 Å². The van der Waals surface area contributed by atoms with Crippen LogP contribution in [0.25, 0.3) is 0 Å². The molecule has 31 heavy (non-hydrogen) atoms. The minimum Gasteiger partial charge on any atom is -0.376 e. The van der Waals surface area contributed by atoms with E-state index in [1.54, 1.807) is 16.7 Å². The van der Waals surface area contributed by atoms with Crippen molar-refractivity contribution < 1.29 is 9.47 Å². The molecule has 2 aliphatic heterocycles. The molecule has 1 N–H and O–H groups in total. The zero-order valence-electron chi connectivity index (χ0n) is 18.8. The zero-order valence-corrected chi connectivity index (χ0v) is 21.2. The fourth-order valence-electron chi connectivity index (χ4n) is 4.07. The van der Waals surface area contributed by atoms with Gasteiger partial charge in [0.1, 0.15) is 0 Å². The van der Waals surface area contributed by atoms with Crippen LogP contribution in [0.1, 0.15) is 51.9 Å². The SMILES string of the molecule is CCNC(=NCCCCn1ccccc1=O)N1CCC(OCC2CCCCO2)CC1.I. The number of piperidine rings is 1. The summed E-state index contributed by atoms with van der Waals surface area (Å²) in [5.41, 5.74) is 0.0643. The molecule has 3 rings (SSSR count). The van der Waals surface area contributed by atoms with Crippen molar-refractivity contribution in [3.05, 3.63) is 34.7 Å². The molecule has 1 atom stereocenters. The van der Waals surface area contributed by atoms with Gasteiger partial charge in [0.2, 0.25) is 5.56 Å². The number of aryl methyl sites for hydroxylation is 1. The lowest BCUT2D eigenvalue weighted by atomic mass is 10.1. The van der Waals surface area contributed by atoms with E-state index in [0.29, 0.717) is 12.2 Å².